The number of aryl methyl sites for hydroxylation is 3. The van der Waals surface area contributed by atoms with Crippen molar-refractivity contribution in [2.24, 2.45) is 0 Å². The number of hydrogen-bond donors (Lipinski definition) is 1. The second kappa shape index (κ2) is 10.9. The molecule has 0 saturated carbocycles. The van der Waals surface area contributed by atoms with E-state index in [9.17, 15) is 4.79 Å². The second-order valence-corrected chi connectivity index (χ2v) is 8.77. The molecule has 1 amide bonds. The Bertz CT molecular complexity index is 1030. The predicted octanol–water partition coefficient (Wildman–Crippen LogP) is 5.27. The molecule has 6 heteroatoms. The first kappa shape index (κ1) is 22.8. The molecule has 1 N–H and O–H groups in total. The average molecular weight is 435 g/mol. The van der Waals surface area contributed by atoms with E-state index in [2.05, 4.69) is 53.7 Å². The molecular weight excluding hydrogens is 404 g/mol. The van der Waals surface area contributed by atoms with Gasteiger partial charge >= 0.3 is 0 Å². The number of nitrogens with zero attached hydrogens (tertiary/aromatic N) is 3. The van der Waals surface area contributed by atoms with Crippen molar-refractivity contribution in [2.75, 3.05) is 0 Å². The summed E-state index contributed by atoms with van der Waals surface area (Å²) in [6.45, 7) is 6.75. The number of hydrogen-bond acceptors (Lipinski definition) is 4. The maximum atomic E-state index is 12.9. The molecule has 0 aliphatic rings. The lowest BCUT2D eigenvalue weighted by molar-refractivity contribution is -0.121. The number of aromatic nitrogens is 2. The zero-order valence-corrected chi connectivity index (χ0v) is 19.3. The van der Waals surface area contributed by atoms with E-state index >= 15 is 0 Å². The van der Waals surface area contributed by atoms with Crippen molar-refractivity contribution >= 4 is 17.2 Å². The van der Waals surface area contributed by atoms with Gasteiger partial charge in [0.25, 0.3) is 0 Å². The van der Waals surface area contributed by atoms with Gasteiger partial charge in [-0.05, 0) is 54.8 Å². The van der Waals surface area contributed by atoms with Crippen molar-refractivity contribution in [1.82, 2.24) is 15.1 Å². The van der Waals surface area contributed by atoms with Crippen LogP contribution in [0.2, 0.25) is 0 Å². The third-order valence-corrected chi connectivity index (χ3v) is 6.49. The Morgan fingerprint density at radius 3 is 2.65 bits per heavy atom. The molecule has 1 aromatic carbocycles. The van der Waals surface area contributed by atoms with Crippen LogP contribution >= 0.6 is 11.3 Å². The van der Waals surface area contributed by atoms with E-state index < -0.39 is 0 Å². The highest BCUT2D eigenvalue weighted by molar-refractivity contribution is 7.10. The minimum absolute atomic E-state index is 0.0274. The van der Waals surface area contributed by atoms with Crippen LogP contribution in [-0.4, -0.2) is 15.7 Å². The number of carbonyl (C=O) groups excluding carboxylic acids is 1. The number of amides is 1. The van der Waals surface area contributed by atoms with E-state index in [0.29, 0.717) is 25.8 Å². The Morgan fingerprint density at radius 1 is 1.23 bits per heavy atom. The summed E-state index contributed by atoms with van der Waals surface area (Å²) in [5.74, 6) is 0.0274. The van der Waals surface area contributed by atoms with Gasteiger partial charge in [0.1, 0.15) is 0 Å². The van der Waals surface area contributed by atoms with Gasteiger partial charge in [0.15, 0.2) is 0 Å². The van der Waals surface area contributed by atoms with Crippen molar-refractivity contribution in [3.63, 3.8) is 0 Å². The molecule has 0 spiro atoms. The lowest BCUT2D eigenvalue weighted by atomic mass is 10.0. The summed E-state index contributed by atoms with van der Waals surface area (Å²) in [5.41, 5.74) is 5.50. The average Bonchev–Trinajstić information content (AvgIpc) is 3.38. The molecule has 3 rings (SSSR count). The molecule has 3 aromatic rings. The summed E-state index contributed by atoms with van der Waals surface area (Å²) in [6.07, 6.45) is 3.67. The number of carbonyl (C=O) groups is 1. The van der Waals surface area contributed by atoms with E-state index in [4.69, 9.17) is 5.26 Å². The van der Waals surface area contributed by atoms with Gasteiger partial charge in [-0.3, -0.25) is 9.48 Å². The monoisotopic (exact) mass is 434 g/mol. The highest BCUT2D eigenvalue weighted by atomic mass is 32.1. The molecule has 0 aliphatic carbocycles. The van der Waals surface area contributed by atoms with Crippen LogP contribution in [0.4, 0.5) is 0 Å². The topological polar surface area (TPSA) is 70.7 Å². The molecule has 5 nitrogen and oxygen atoms in total. The van der Waals surface area contributed by atoms with Crippen LogP contribution in [0.1, 0.15) is 65.2 Å². The zero-order valence-electron chi connectivity index (χ0n) is 18.5. The molecule has 31 heavy (non-hydrogen) atoms. The summed E-state index contributed by atoms with van der Waals surface area (Å²) in [4.78, 5) is 14.0. The van der Waals surface area contributed by atoms with Crippen molar-refractivity contribution in [2.45, 2.75) is 65.5 Å². The number of benzene rings is 1. The van der Waals surface area contributed by atoms with Gasteiger partial charge in [-0.25, -0.2) is 0 Å². The van der Waals surface area contributed by atoms with Gasteiger partial charge < -0.3 is 5.32 Å². The van der Waals surface area contributed by atoms with E-state index in [-0.39, 0.29) is 11.9 Å². The van der Waals surface area contributed by atoms with Crippen LogP contribution in [0.15, 0.2) is 41.8 Å². The largest absolute Gasteiger partial charge is 0.344 e. The van der Waals surface area contributed by atoms with Crippen LogP contribution in [0.3, 0.4) is 0 Å². The second-order valence-electron chi connectivity index (χ2n) is 7.79. The first-order valence-electron chi connectivity index (χ1n) is 10.8. The highest BCUT2D eigenvalue weighted by Crippen LogP contribution is 2.27. The fourth-order valence-corrected chi connectivity index (χ4v) is 4.68. The number of thiophene rings is 1. The summed E-state index contributed by atoms with van der Waals surface area (Å²) < 4.78 is 1.87. The summed E-state index contributed by atoms with van der Waals surface area (Å²) in [5, 5.41) is 18.6. The molecule has 1 atom stereocenters. The Kier molecular flexibility index (Phi) is 8.02. The highest BCUT2D eigenvalue weighted by Gasteiger charge is 2.19. The third-order valence-electron chi connectivity index (χ3n) is 5.55. The van der Waals surface area contributed by atoms with Crippen molar-refractivity contribution < 1.29 is 4.79 Å². The number of nitrogens with one attached hydrogen (secondary N) is 1. The Morgan fingerprint density at radius 2 is 2.00 bits per heavy atom. The Balaban J connectivity index is 1.69. The van der Waals surface area contributed by atoms with Crippen LogP contribution < -0.4 is 5.32 Å². The standard InChI is InChI=1S/C25H30N4OS/c1-4-7-20-9-11-21(12-10-20)25(23-8-5-17-31-23)27-24(30)14-13-22-18(2)28-29(19(22)3)16-6-15-26/h5,8-12,17,25H,4,6-7,13-14,16H2,1-3H3,(H,27,30). The Hall–Kier alpha value is -2.91. The quantitative estimate of drug-likeness (QED) is 0.473. The lowest BCUT2D eigenvalue weighted by Gasteiger charge is -2.19. The molecule has 162 valence electrons. The SMILES string of the molecule is CCCc1ccc(C(NC(=O)CCc2c(C)nn(CCC#N)c2C)c2cccs2)cc1. The fraction of sp³-hybridized carbons (Fsp3) is 0.400. The third kappa shape index (κ3) is 5.83. The van der Waals surface area contributed by atoms with Crippen molar-refractivity contribution in [3.8, 4) is 6.07 Å². The number of nitriles is 1. The van der Waals surface area contributed by atoms with Crippen LogP contribution in [0.5, 0.6) is 0 Å². The normalized spacial score (nSPS) is 11.8. The maximum Gasteiger partial charge on any atom is 0.221 e. The molecule has 0 fully saturated rings. The van der Waals surface area contributed by atoms with Gasteiger partial charge in [0.05, 0.1) is 30.8 Å². The van der Waals surface area contributed by atoms with Gasteiger partial charge in [-0.15, -0.1) is 11.3 Å². The molecule has 2 heterocycles. The fourth-order valence-electron chi connectivity index (χ4n) is 3.88. The summed E-state index contributed by atoms with van der Waals surface area (Å²) in [7, 11) is 0. The van der Waals surface area contributed by atoms with Crippen molar-refractivity contribution in [3.05, 3.63) is 74.7 Å². The minimum atomic E-state index is -0.135. The lowest BCUT2D eigenvalue weighted by Crippen LogP contribution is -2.29. The van der Waals surface area contributed by atoms with E-state index in [0.717, 1.165) is 40.2 Å². The molecule has 0 radical (unpaired) electrons. The summed E-state index contributed by atoms with van der Waals surface area (Å²) in [6, 6.07) is 14.7. The molecule has 0 aliphatic heterocycles. The zero-order chi connectivity index (χ0) is 22.2. The molecule has 0 bridgehead atoms. The first-order chi connectivity index (χ1) is 15.0. The predicted molar refractivity (Wildman–Crippen MR) is 125 cm³/mol. The van der Waals surface area contributed by atoms with Gasteiger partial charge in [-0.1, -0.05) is 43.7 Å². The Labute approximate surface area is 188 Å². The van der Waals surface area contributed by atoms with Crippen LogP contribution in [-0.2, 0) is 24.2 Å². The molecule has 2 aromatic heterocycles. The van der Waals surface area contributed by atoms with Crippen LogP contribution in [0.25, 0.3) is 0 Å². The summed E-state index contributed by atoms with van der Waals surface area (Å²) >= 11 is 1.66. The van der Waals surface area contributed by atoms with Crippen LogP contribution in [0, 0.1) is 25.2 Å². The first-order valence-corrected chi connectivity index (χ1v) is 11.7. The molecular formula is C25H30N4OS. The van der Waals surface area contributed by atoms with Gasteiger partial charge in [0, 0.05) is 17.0 Å². The van der Waals surface area contributed by atoms with E-state index in [1.807, 2.05) is 30.0 Å². The smallest absolute Gasteiger partial charge is 0.221 e. The number of rotatable bonds is 10. The molecule has 1 unspecified atom stereocenters. The van der Waals surface area contributed by atoms with Gasteiger partial charge in [-0.2, -0.15) is 10.4 Å². The van der Waals surface area contributed by atoms with E-state index in [1.165, 1.54) is 5.56 Å². The van der Waals surface area contributed by atoms with Gasteiger partial charge in [0.2, 0.25) is 5.91 Å². The minimum Gasteiger partial charge on any atom is -0.344 e. The molecule has 0 saturated heterocycles. The van der Waals surface area contributed by atoms with Crippen molar-refractivity contribution in [1.29, 1.82) is 5.26 Å². The maximum absolute atomic E-state index is 12.9. The van der Waals surface area contributed by atoms with E-state index in [1.54, 1.807) is 11.3 Å².